The Morgan fingerprint density at radius 3 is 2.05 bits per heavy atom. The summed E-state index contributed by atoms with van der Waals surface area (Å²) < 4.78 is 19.2. The summed E-state index contributed by atoms with van der Waals surface area (Å²) in [5.74, 6) is 1.95. The van der Waals surface area contributed by atoms with Crippen molar-refractivity contribution < 1.29 is 9.13 Å². The van der Waals surface area contributed by atoms with Crippen LogP contribution in [-0.4, -0.2) is 0 Å². The molecule has 0 saturated carbocycles. The Morgan fingerprint density at radius 1 is 1.00 bits per heavy atom. The number of halogens is 1. The first-order valence-electron chi connectivity index (χ1n) is 6.99. The Morgan fingerprint density at radius 2 is 1.55 bits per heavy atom. The SMILES string of the molecule is Cc1cc(F)cc(C)c1Oc1ccc(CC(C)C)cc1. The summed E-state index contributed by atoms with van der Waals surface area (Å²) >= 11 is 0. The van der Waals surface area contributed by atoms with Gasteiger partial charge in [0.2, 0.25) is 0 Å². The molecule has 0 heterocycles. The van der Waals surface area contributed by atoms with E-state index in [1.807, 2.05) is 26.0 Å². The summed E-state index contributed by atoms with van der Waals surface area (Å²) in [4.78, 5) is 0. The smallest absolute Gasteiger partial charge is 0.133 e. The quantitative estimate of drug-likeness (QED) is 0.720. The third kappa shape index (κ3) is 3.60. The van der Waals surface area contributed by atoms with Gasteiger partial charge in [-0.1, -0.05) is 26.0 Å². The van der Waals surface area contributed by atoms with Crippen molar-refractivity contribution in [3.63, 3.8) is 0 Å². The van der Waals surface area contributed by atoms with Crippen molar-refractivity contribution in [2.75, 3.05) is 0 Å². The average molecular weight is 272 g/mol. The van der Waals surface area contributed by atoms with Crippen molar-refractivity contribution in [3.8, 4) is 11.5 Å². The topological polar surface area (TPSA) is 9.23 Å². The largest absolute Gasteiger partial charge is 0.457 e. The molecule has 0 atom stereocenters. The Bertz CT molecular complexity index is 562. The van der Waals surface area contributed by atoms with Crippen LogP contribution in [0.25, 0.3) is 0 Å². The summed E-state index contributed by atoms with van der Waals surface area (Å²) in [6.45, 7) is 8.13. The second-order valence-electron chi connectivity index (χ2n) is 5.71. The number of aryl methyl sites for hydroxylation is 2. The van der Waals surface area contributed by atoms with Gasteiger partial charge in [0.25, 0.3) is 0 Å². The summed E-state index contributed by atoms with van der Waals surface area (Å²) in [6.07, 6.45) is 1.06. The van der Waals surface area contributed by atoms with Gasteiger partial charge >= 0.3 is 0 Å². The van der Waals surface area contributed by atoms with Crippen LogP contribution in [-0.2, 0) is 6.42 Å². The predicted molar refractivity (Wildman–Crippen MR) is 80.9 cm³/mol. The summed E-state index contributed by atoms with van der Waals surface area (Å²) in [5, 5.41) is 0. The van der Waals surface area contributed by atoms with E-state index >= 15 is 0 Å². The lowest BCUT2D eigenvalue weighted by molar-refractivity contribution is 0.472. The molecule has 0 spiro atoms. The zero-order valence-electron chi connectivity index (χ0n) is 12.5. The van der Waals surface area contributed by atoms with Crippen LogP contribution in [0.3, 0.4) is 0 Å². The van der Waals surface area contributed by atoms with Gasteiger partial charge in [0.1, 0.15) is 17.3 Å². The van der Waals surface area contributed by atoms with Gasteiger partial charge in [0.05, 0.1) is 0 Å². The lowest BCUT2D eigenvalue weighted by Crippen LogP contribution is -1.95. The van der Waals surface area contributed by atoms with E-state index in [0.717, 1.165) is 29.0 Å². The first-order chi connectivity index (χ1) is 9.45. The molecule has 0 amide bonds. The normalized spacial score (nSPS) is 10.9. The molecule has 2 aromatic carbocycles. The predicted octanol–water partition coefficient (Wildman–Crippen LogP) is 5.43. The van der Waals surface area contributed by atoms with E-state index in [2.05, 4.69) is 26.0 Å². The van der Waals surface area contributed by atoms with E-state index in [1.54, 1.807) is 0 Å². The molecule has 2 heteroatoms. The van der Waals surface area contributed by atoms with Crippen LogP contribution in [0.2, 0.25) is 0 Å². The van der Waals surface area contributed by atoms with Gasteiger partial charge < -0.3 is 4.74 Å². The van der Waals surface area contributed by atoms with E-state index < -0.39 is 0 Å². The fraction of sp³-hybridized carbons (Fsp3) is 0.333. The van der Waals surface area contributed by atoms with Crippen molar-refractivity contribution >= 4 is 0 Å². The number of benzene rings is 2. The van der Waals surface area contributed by atoms with Crippen LogP contribution < -0.4 is 4.74 Å². The van der Waals surface area contributed by atoms with Gasteiger partial charge in [-0.2, -0.15) is 0 Å². The standard InChI is InChI=1S/C18H21FO/c1-12(2)9-15-5-7-17(8-6-15)20-18-13(3)10-16(19)11-14(18)4/h5-8,10-12H,9H2,1-4H3. The molecule has 0 N–H and O–H groups in total. The van der Waals surface area contributed by atoms with E-state index in [9.17, 15) is 4.39 Å². The molecule has 2 aromatic rings. The molecule has 2 rings (SSSR count). The molecule has 0 saturated heterocycles. The van der Waals surface area contributed by atoms with Crippen LogP contribution in [0.5, 0.6) is 11.5 Å². The summed E-state index contributed by atoms with van der Waals surface area (Å²) in [6, 6.07) is 11.1. The van der Waals surface area contributed by atoms with E-state index in [-0.39, 0.29) is 5.82 Å². The first-order valence-corrected chi connectivity index (χ1v) is 6.99. The maximum Gasteiger partial charge on any atom is 0.133 e. The molecule has 0 aliphatic carbocycles. The van der Waals surface area contributed by atoms with E-state index in [4.69, 9.17) is 4.74 Å². The number of hydrogen-bond acceptors (Lipinski definition) is 1. The third-order valence-corrected chi connectivity index (χ3v) is 3.21. The molecule has 0 aliphatic heterocycles. The minimum Gasteiger partial charge on any atom is -0.457 e. The fourth-order valence-corrected chi connectivity index (χ4v) is 2.34. The molecule has 0 radical (unpaired) electrons. The maximum absolute atomic E-state index is 13.3. The van der Waals surface area contributed by atoms with Crippen LogP contribution in [0, 0.1) is 25.6 Å². The number of hydrogen-bond donors (Lipinski definition) is 0. The molecule has 1 nitrogen and oxygen atoms in total. The lowest BCUT2D eigenvalue weighted by atomic mass is 10.0. The Labute approximate surface area is 120 Å². The van der Waals surface area contributed by atoms with Gasteiger partial charge in [0, 0.05) is 0 Å². The Kier molecular flexibility index (Phi) is 4.43. The fourth-order valence-electron chi connectivity index (χ4n) is 2.34. The second kappa shape index (κ2) is 6.08. The number of rotatable bonds is 4. The minimum absolute atomic E-state index is 0.223. The zero-order chi connectivity index (χ0) is 14.7. The zero-order valence-corrected chi connectivity index (χ0v) is 12.5. The Balaban J connectivity index is 2.18. The molecule has 0 bridgehead atoms. The van der Waals surface area contributed by atoms with Crippen LogP contribution in [0.15, 0.2) is 36.4 Å². The highest BCUT2D eigenvalue weighted by molar-refractivity contribution is 5.43. The minimum atomic E-state index is -0.223. The van der Waals surface area contributed by atoms with Gasteiger partial charge in [-0.3, -0.25) is 0 Å². The van der Waals surface area contributed by atoms with Gasteiger partial charge in [-0.15, -0.1) is 0 Å². The second-order valence-corrected chi connectivity index (χ2v) is 5.71. The molecular formula is C18H21FO. The molecule has 0 aromatic heterocycles. The molecule has 20 heavy (non-hydrogen) atoms. The van der Waals surface area contributed by atoms with Crippen molar-refractivity contribution in [1.82, 2.24) is 0 Å². The van der Waals surface area contributed by atoms with Crippen molar-refractivity contribution in [3.05, 3.63) is 58.9 Å². The van der Waals surface area contributed by atoms with E-state index in [1.165, 1.54) is 17.7 Å². The average Bonchev–Trinajstić information content (AvgIpc) is 2.35. The molecule has 0 aliphatic rings. The van der Waals surface area contributed by atoms with Crippen molar-refractivity contribution in [1.29, 1.82) is 0 Å². The summed E-state index contributed by atoms with van der Waals surface area (Å²) in [5.41, 5.74) is 2.93. The number of ether oxygens (including phenoxy) is 1. The molecule has 0 unspecified atom stereocenters. The molecule has 106 valence electrons. The van der Waals surface area contributed by atoms with Crippen molar-refractivity contribution in [2.45, 2.75) is 34.1 Å². The molecule has 0 fully saturated rings. The highest BCUT2D eigenvalue weighted by atomic mass is 19.1. The Hall–Kier alpha value is -1.83. The van der Waals surface area contributed by atoms with Crippen LogP contribution >= 0.6 is 0 Å². The van der Waals surface area contributed by atoms with Gasteiger partial charge in [-0.05, 0) is 67.1 Å². The highest BCUT2D eigenvalue weighted by Crippen LogP contribution is 2.29. The van der Waals surface area contributed by atoms with Crippen molar-refractivity contribution in [2.24, 2.45) is 5.92 Å². The van der Waals surface area contributed by atoms with Gasteiger partial charge in [-0.25, -0.2) is 4.39 Å². The van der Waals surface area contributed by atoms with E-state index in [0.29, 0.717) is 5.92 Å². The molecular weight excluding hydrogens is 251 g/mol. The summed E-state index contributed by atoms with van der Waals surface area (Å²) in [7, 11) is 0. The van der Waals surface area contributed by atoms with Gasteiger partial charge in [0.15, 0.2) is 0 Å². The monoisotopic (exact) mass is 272 g/mol. The highest BCUT2D eigenvalue weighted by Gasteiger charge is 2.08. The third-order valence-electron chi connectivity index (χ3n) is 3.21. The van der Waals surface area contributed by atoms with Crippen LogP contribution in [0.4, 0.5) is 4.39 Å². The first kappa shape index (κ1) is 14.6. The maximum atomic E-state index is 13.3. The van der Waals surface area contributed by atoms with Crippen LogP contribution in [0.1, 0.15) is 30.5 Å². The lowest BCUT2D eigenvalue weighted by Gasteiger charge is -2.12.